The van der Waals surface area contributed by atoms with E-state index in [2.05, 4.69) is 22.8 Å². The van der Waals surface area contributed by atoms with Gasteiger partial charge in [-0.15, -0.1) is 0 Å². The van der Waals surface area contributed by atoms with Gasteiger partial charge in [0.2, 0.25) is 5.75 Å². The predicted molar refractivity (Wildman–Crippen MR) is 116 cm³/mol. The Balaban J connectivity index is 1.64. The van der Waals surface area contributed by atoms with Crippen LogP contribution in [-0.4, -0.2) is 79.9 Å². The Kier molecular flexibility index (Phi) is 4.28. The fraction of sp³-hybridized carbons (Fsp3) is 0.750. The van der Waals surface area contributed by atoms with Gasteiger partial charge in [-0.2, -0.15) is 0 Å². The van der Waals surface area contributed by atoms with Crippen LogP contribution in [0.5, 0.6) is 17.2 Å². The molecule has 3 fully saturated rings. The van der Waals surface area contributed by atoms with Gasteiger partial charge in [-0.3, -0.25) is 4.90 Å². The Labute approximate surface area is 183 Å². The van der Waals surface area contributed by atoms with E-state index in [1.165, 1.54) is 5.56 Å². The number of aliphatic hydroxyl groups is 2. The number of hydrogen-bond donors (Lipinski definition) is 2. The van der Waals surface area contributed by atoms with Crippen LogP contribution in [0.25, 0.3) is 0 Å². The minimum absolute atomic E-state index is 0.0968. The average Bonchev–Trinajstić information content (AvgIpc) is 3.30. The molecule has 0 aromatic heterocycles. The summed E-state index contributed by atoms with van der Waals surface area (Å²) in [7, 11) is 3.35. The van der Waals surface area contributed by atoms with Gasteiger partial charge in [-0.25, -0.2) is 0 Å². The van der Waals surface area contributed by atoms with Crippen LogP contribution in [0.2, 0.25) is 0 Å². The second-order valence-corrected chi connectivity index (χ2v) is 10.2. The molecule has 2 N–H and O–H groups in total. The van der Waals surface area contributed by atoms with Crippen molar-refractivity contribution in [3.8, 4) is 17.2 Å². The van der Waals surface area contributed by atoms with Crippen molar-refractivity contribution in [1.82, 2.24) is 4.90 Å². The zero-order valence-electron chi connectivity index (χ0n) is 18.8. The minimum atomic E-state index is -0.416. The van der Waals surface area contributed by atoms with Gasteiger partial charge in [0, 0.05) is 29.5 Å². The van der Waals surface area contributed by atoms with Gasteiger partial charge < -0.3 is 29.3 Å². The average molecular weight is 431 g/mol. The molecule has 6 atom stereocenters. The van der Waals surface area contributed by atoms with Crippen molar-refractivity contribution >= 4 is 5.69 Å². The lowest BCUT2D eigenvalue weighted by molar-refractivity contribution is -0.127. The maximum Gasteiger partial charge on any atom is 0.205 e. The van der Waals surface area contributed by atoms with E-state index < -0.39 is 6.10 Å². The second kappa shape index (κ2) is 6.65. The second-order valence-electron chi connectivity index (χ2n) is 10.2. The van der Waals surface area contributed by atoms with E-state index in [9.17, 15) is 10.2 Å². The number of hydrogen-bond acceptors (Lipinski definition) is 7. The molecule has 7 nitrogen and oxygen atoms in total. The molecule has 5 aliphatic rings. The van der Waals surface area contributed by atoms with E-state index >= 15 is 0 Å². The zero-order chi connectivity index (χ0) is 21.5. The topological polar surface area (TPSA) is 74.6 Å². The molecule has 6 unspecified atom stereocenters. The first-order valence-electron chi connectivity index (χ1n) is 11.8. The fourth-order valence-electron chi connectivity index (χ4n) is 8.26. The molecule has 4 heterocycles. The van der Waals surface area contributed by atoms with E-state index in [1.54, 1.807) is 14.2 Å². The maximum atomic E-state index is 11.6. The number of aliphatic hydroxyl groups excluding tert-OH is 2. The van der Waals surface area contributed by atoms with Crippen LogP contribution < -0.4 is 19.1 Å². The third kappa shape index (κ3) is 2.20. The maximum absolute atomic E-state index is 11.6. The van der Waals surface area contributed by atoms with Gasteiger partial charge in [-0.05, 0) is 63.7 Å². The third-order valence-corrected chi connectivity index (χ3v) is 9.22. The van der Waals surface area contributed by atoms with E-state index in [0.717, 1.165) is 50.2 Å². The molecule has 0 radical (unpaired) electrons. The summed E-state index contributed by atoms with van der Waals surface area (Å²) >= 11 is 0. The van der Waals surface area contributed by atoms with Gasteiger partial charge in [-0.1, -0.05) is 0 Å². The highest BCUT2D eigenvalue weighted by atomic mass is 16.5. The molecule has 1 aromatic carbocycles. The molecule has 4 aliphatic heterocycles. The lowest BCUT2D eigenvalue weighted by atomic mass is 9.51. The van der Waals surface area contributed by atoms with Crippen molar-refractivity contribution in [3.05, 3.63) is 11.6 Å². The quantitative estimate of drug-likeness (QED) is 0.756. The first-order valence-corrected chi connectivity index (χ1v) is 11.8. The van der Waals surface area contributed by atoms with E-state index in [4.69, 9.17) is 14.2 Å². The smallest absolute Gasteiger partial charge is 0.205 e. The monoisotopic (exact) mass is 430 g/mol. The summed E-state index contributed by atoms with van der Waals surface area (Å²) in [6, 6.07) is 2.84. The largest absolute Gasteiger partial charge is 0.493 e. The minimum Gasteiger partial charge on any atom is -0.493 e. The Bertz CT molecular complexity index is 904. The van der Waals surface area contributed by atoms with Crippen LogP contribution in [0.4, 0.5) is 5.69 Å². The van der Waals surface area contributed by atoms with Gasteiger partial charge >= 0.3 is 0 Å². The number of nitrogens with zero attached hydrogens (tertiary/aromatic N) is 2. The molecule has 31 heavy (non-hydrogen) atoms. The molecule has 0 amide bonds. The predicted octanol–water partition coefficient (Wildman–Crippen LogP) is 1.91. The number of rotatable bonds is 4. The lowest BCUT2D eigenvalue weighted by Crippen LogP contribution is -2.70. The molecule has 1 aromatic rings. The zero-order valence-corrected chi connectivity index (χ0v) is 18.8. The van der Waals surface area contributed by atoms with E-state index in [0.29, 0.717) is 24.5 Å². The van der Waals surface area contributed by atoms with E-state index in [-0.39, 0.29) is 35.6 Å². The number of fused-ring (bicyclic) bond motifs is 1. The normalized spacial score (nSPS) is 40.1. The van der Waals surface area contributed by atoms with Gasteiger partial charge in [0.05, 0.1) is 32.1 Å². The van der Waals surface area contributed by atoms with Crippen molar-refractivity contribution in [2.45, 2.75) is 68.7 Å². The van der Waals surface area contributed by atoms with Crippen LogP contribution in [-0.2, 0) is 5.41 Å². The van der Waals surface area contributed by atoms with Crippen LogP contribution in [0, 0.1) is 5.41 Å². The summed E-state index contributed by atoms with van der Waals surface area (Å²) in [4.78, 5) is 5.14. The van der Waals surface area contributed by atoms with Gasteiger partial charge in [0.25, 0.3) is 0 Å². The van der Waals surface area contributed by atoms with E-state index in [1.807, 2.05) is 0 Å². The number of methoxy groups -OCH3 is 2. The van der Waals surface area contributed by atoms with Crippen LogP contribution in [0.15, 0.2) is 6.07 Å². The summed E-state index contributed by atoms with van der Waals surface area (Å²) in [6.45, 7) is 5.04. The van der Waals surface area contributed by atoms with Crippen molar-refractivity contribution < 1.29 is 24.4 Å². The van der Waals surface area contributed by atoms with Crippen LogP contribution in [0.1, 0.15) is 44.6 Å². The number of ether oxygens (including phenoxy) is 3. The molecular formula is C24H34N2O5. The van der Waals surface area contributed by atoms with Crippen molar-refractivity contribution in [2.75, 3.05) is 45.4 Å². The first-order chi connectivity index (χ1) is 15.0. The summed E-state index contributed by atoms with van der Waals surface area (Å²) in [6.07, 6.45) is 4.10. The summed E-state index contributed by atoms with van der Waals surface area (Å²) in [5, 5.41) is 21.7. The number of anilines is 1. The number of benzene rings is 1. The molecule has 1 saturated carbocycles. The van der Waals surface area contributed by atoms with Crippen LogP contribution in [0.3, 0.4) is 0 Å². The van der Waals surface area contributed by atoms with Gasteiger partial charge in [0.1, 0.15) is 6.61 Å². The molecule has 7 heteroatoms. The summed E-state index contributed by atoms with van der Waals surface area (Å²) < 4.78 is 17.8. The Hall–Kier alpha value is -1.70. The highest BCUT2D eigenvalue weighted by Crippen LogP contribution is 2.69. The Morgan fingerprint density at radius 2 is 2.06 bits per heavy atom. The first kappa shape index (κ1) is 19.9. The van der Waals surface area contributed by atoms with Crippen molar-refractivity contribution in [1.29, 1.82) is 0 Å². The van der Waals surface area contributed by atoms with Gasteiger partial charge in [0.15, 0.2) is 11.5 Å². The third-order valence-electron chi connectivity index (χ3n) is 9.22. The Morgan fingerprint density at radius 1 is 1.23 bits per heavy atom. The van der Waals surface area contributed by atoms with Crippen molar-refractivity contribution in [2.24, 2.45) is 5.41 Å². The molecule has 0 bridgehead atoms. The molecule has 2 saturated heterocycles. The summed E-state index contributed by atoms with van der Waals surface area (Å²) in [5.74, 6) is 2.16. The number of piperidine rings is 1. The Morgan fingerprint density at radius 3 is 2.81 bits per heavy atom. The molecule has 170 valence electrons. The standard InChI is InChI=1S/C24H34N2O5/c1-14-13-31-21-19-15(11-16(29-2)20(21)30-3)24-6-9-25-8-4-5-23(7-10-27,22(24)25)18(28)12-17(24)26(14)19/h11,14,17-18,22,27-28H,4-10,12-13H2,1-3H3. The highest BCUT2D eigenvalue weighted by Gasteiger charge is 2.71. The molecule has 1 aliphatic carbocycles. The SMILES string of the molecule is COc1cc2c3c(c1OC)OCC(C)N3C1CC(O)C3(CCO)CCCN4CCC21C43. The van der Waals surface area contributed by atoms with Crippen molar-refractivity contribution in [3.63, 3.8) is 0 Å². The summed E-state index contributed by atoms with van der Waals surface area (Å²) in [5.41, 5.74) is 2.07. The lowest BCUT2D eigenvalue weighted by Gasteiger charge is -2.61. The highest BCUT2D eigenvalue weighted by molar-refractivity contribution is 5.81. The fourth-order valence-corrected chi connectivity index (χ4v) is 8.26. The molecule has 1 spiro atoms. The molecule has 6 rings (SSSR count). The van der Waals surface area contributed by atoms with Crippen LogP contribution >= 0.6 is 0 Å². The molecular weight excluding hydrogens is 396 g/mol.